The van der Waals surface area contributed by atoms with Gasteiger partial charge in [0.15, 0.2) is 0 Å². The zero-order valence-corrected chi connectivity index (χ0v) is 17.7. The van der Waals surface area contributed by atoms with E-state index < -0.39 is 11.3 Å². The van der Waals surface area contributed by atoms with Crippen molar-refractivity contribution in [2.75, 3.05) is 0 Å². The van der Waals surface area contributed by atoms with Crippen molar-refractivity contribution >= 4 is 22.3 Å². The van der Waals surface area contributed by atoms with Gasteiger partial charge in [0.1, 0.15) is 5.65 Å². The van der Waals surface area contributed by atoms with Gasteiger partial charge in [0.2, 0.25) is 0 Å². The van der Waals surface area contributed by atoms with Crippen LogP contribution in [0.3, 0.4) is 0 Å². The van der Waals surface area contributed by atoms with E-state index in [9.17, 15) is 0 Å². The zero-order valence-electron chi connectivity index (χ0n) is 16.9. The largest absolute Gasteiger partial charge is 0.760 e. The molecule has 2 aliphatic carbocycles. The fourth-order valence-corrected chi connectivity index (χ4v) is 4.12. The summed E-state index contributed by atoms with van der Waals surface area (Å²) in [6.45, 7) is 0. The van der Waals surface area contributed by atoms with Crippen LogP contribution in [0, 0.1) is 17.8 Å². The van der Waals surface area contributed by atoms with Crippen LogP contribution in [0.5, 0.6) is 0 Å². The maximum Gasteiger partial charge on any atom is 0.141 e. The summed E-state index contributed by atoms with van der Waals surface area (Å²) in [7, 11) is 0. The van der Waals surface area contributed by atoms with Gasteiger partial charge in [-0.3, -0.25) is 9.35 Å². The predicted molar refractivity (Wildman–Crippen MR) is 120 cm³/mol. The average Bonchev–Trinajstić information content (AvgIpc) is 3.53. The van der Waals surface area contributed by atoms with Crippen LogP contribution in [0.25, 0.3) is 22.2 Å². The molecule has 3 aromatic rings. The van der Waals surface area contributed by atoms with E-state index in [1.165, 1.54) is 61.5 Å². The second-order valence-electron chi connectivity index (χ2n) is 8.00. The molecule has 0 aliphatic heterocycles. The first kappa shape index (κ1) is 20.8. The van der Waals surface area contributed by atoms with Gasteiger partial charge >= 0.3 is 0 Å². The Bertz CT molecular complexity index is 1080. The molecule has 2 aromatic heterocycles. The van der Waals surface area contributed by atoms with E-state index in [0.717, 1.165) is 11.3 Å². The third kappa shape index (κ3) is 5.17. The monoisotopic (exact) mass is 420 g/mol. The molecule has 1 aromatic carbocycles. The second kappa shape index (κ2) is 9.57. The Morgan fingerprint density at radius 1 is 1.03 bits per heavy atom. The van der Waals surface area contributed by atoms with Gasteiger partial charge in [-0.2, -0.15) is 0 Å². The summed E-state index contributed by atoms with van der Waals surface area (Å²) < 4.78 is 19.9. The maximum absolute atomic E-state index is 8.78. The molecule has 0 spiro atoms. The highest BCUT2D eigenvalue weighted by molar-refractivity contribution is 7.76. The molecule has 0 amide bonds. The Labute approximate surface area is 180 Å². The number of hydrogen-bond acceptors (Lipinski definition) is 3. The predicted octanol–water partition coefficient (Wildman–Crippen LogP) is 4.71. The van der Waals surface area contributed by atoms with E-state index in [-0.39, 0.29) is 0 Å². The van der Waals surface area contributed by atoms with Crippen molar-refractivity contribution in [2.45, 2.75) is 51.0 Å². The molecule has 2 heterocycles. The molecule has 2 N–H and O–H groups in total. The Morgan fingerprint density at radius 2 is 1.73 bits per heavy atom. The fraction of sp³-hybridized carbons (Fsp3) is 0.375. The van der Waals surface area contributed by atoms with E-state index in [1.807, 2.05) is 6.20 Å². The smallest absolute Gasteiger partial charge is 0.141 e. The van der Waals surface area contributed by atoms with Crippen molar-refractivity contribution < 1.29 is 8.76 Å². The van der Waals surface area contributed by atoms with Gasteiger partial charge in [-0.1, -0.05) is 55.5 Å². The lowest BCUT2D eigenvalue weighted by molar-refractivity contribution is 0.430. The van der Waals surface area contributed by atoms with Crippen LogP contribution in [0.2, 0.25) is 0 Å². The highest BCUT2D eigenvalue weighted by Crippen LogP contribution is 2.39. The molecular formula is C24H26N3O2S-. The summed E-state index contributed by atoms with van der Waals surface area (Å²) >= 11 is -2.36. The van der Waals surface area contributed by atoms with Crippen molar-refractivity contribution in [3.63, 3.8) is 0 Å². The molecule has 2 aliphatic rings. The lowest BCUT2D eigenvalue weighted by atomic mass is 9.90. The first-order valence-corrected chi connectivity index (χ1v) is 11.7. The molecule has 156 valence electrons. The topological polar surface area (TPSA) is 84.0 Å². The molecule has 0 radical (unpaired) electrons. The average molecular weight is 421 g/mol. The van der Waals surface area contributed by atoms with Crippen LogP contribution in [0.15, 0.2) is 48.7 Å². The minimum Gasteiger partial charge on any atom is -0.760 e. The van der Waals surface area contributed by atoms with Crippen LogP contribution < -0.4 is 5.14 Å². The summed E-state index contributed by atoms with van der Waals surface area (Å²) in [5.41, 5.74) is 4.65. The minimum absolute atomic E-state index is 0.585. The first-order chi connectivity index (χ1) is 14.6. The molecule has 1 atom stereocenters. The lowest BCUT2D eigenvalue weighted by Gasteiger charge is -2.15. The zero-order chi connectivity index (χ0) is 20.9. The van der Waals surface area contributed by atoms with Crippen LogP contribution in [0.4, 0.5) is 0 Å². The molecule has 0 bridgehead atoms. The molecule has 6 heteroatoms. The second-order valence-corrected chi connectivity index (χ2v) is 8.52. The van der Waals surface area contributed by atoms with Gasteiger partial charge in [-0.15, -0.1) is 0 Å². The van der Waals surface area contributed by atoms with E-state index in [0.29, 0.717) is 12.0 Å². The van der Waals surface area contributed by atoms with Crippen LogP contribution in [-0.4, -0.2) is 18.3 Å². The summed E-state index contributed by atoms with van der Waals surface area (Å²) in [6.07, 6.45) is 11.1. The molecule has 1 unspecified atom stereocenters. The van der Waals surface area contributed by atoms with E-state index in [1.54, 1.807) is 0 Å². The van der Waals surface area contributed by atoms with Gasteiger partial charge in [0, 0.05) is 40.4 Å². The number of pyridine rings is 1. The summed E-state index contributed by atoms with van der Waals surface area (Å²) in [5, 5.41) is 5.24. The summed E-state index contributed by atoms with van der Waals surface area (Å²) in [6, 6.07) is 15.6. The lowest BCUT2D eigenvalue weighted by Crippen LogP contribution is -2.04. The Kier molecular flexibility index (Phi) is 6.63. The van der Waals surface area contributed by atoms with Gasteiger partial charge in [-0.25, -0.2) is 4.98 Å². The molecule has 2 saturated carbocycles. The van der Waals surface area contributed by atoms with Crippen molar-refractivity contribution in [2.24, 2.45) is 11.1 Å². The Balaban J connectivity index is 0.000000503. The van der Waals surface area contributed by atoms with Gasteiger partial charge < -0.3 is 9.12 Å². The SMILES string of the molecule is C(#CC1CCCCC1)c1cc2cc(-c3ccccc3)cnc2n1C1CC1.NS(=O)[O-]. The van der Waals surface area contributed by atoms with Crippen molar-refractivity contribution in [1.29, 1.82) is 0 Å². The number of rotatable bonds is 2. The number of benzene rings is 1. The third-order valence-corrected chi connectivity index (χ3v) is 5.70. The number of nitrogens with two attached hydrogens (primary N) is 1. The van der Waals surface area contributed by atoms with Crippen molar-refractivity contribution in [3.8, 4) is 23.0 Å². The van der Waals surface area contributed by atoms with Crippen LogP contribution >= 0.6 is 0 Å². The third-order valence-electron chi connectivity index (χ3n) is 5.70. The van der Waals surface area contributed by atoms with E-state index in [4.69, 9.17) is 13.7 Å². The molecule has 5 rings (SSSR count). The Hall–Kier alpha value is -2.46. The normalized spacial score (nSPS) is 17.5. The number of hydrogen-bond donors (Lipinski definition) is 1. The minimum atomic E-state index is -2.36. The fourth-order valence-electron chi connectivity index (χ4n) is 4.12. The summed E-state index contributed by atoms with van der Waals surface area (Å²) in [5.74, 6) is 7.68. The number of nitrogens with zero attached hydrogens (tertiary/aromatic N) is 2. The molecule has 2 fully saturated rings. The molecule has 5 nitrogen and oxygen atoms in total. The number of aromatic nitrogens is 2. The maximum atomic E-state index is 8.78. The van der Waals surface area contributed by atoms with Gasteiger partial charge in [0.05, 0.1) is 5.69 Å². The quantitative estimate of drug-likeness (QED) is 0.481. The van der Waals surface area contributed by atoms with Crippen LogP contribution in [0.1, 0.15) is 56.7 Å². The van der Waals surface area contributed by atoms with Crippen LogP contribution in [-0.2, 0) is 11.3 Å². The molecule has 0 saturated heterocycles. The number of fused-ring (bicyclic) bond motifs is 1. The van der Waals surface area contributed by atoms with Crippen molar-refractivity contribution in [1.82, 2.24) is 9.55 Å². The van der Waals surface area contributed by atoms with Gasteiger partial charge in [-0.05, 0) is 49.3 Å². The molecule has 30 heavy (non-hydrogen) atoms. The molecular weight excluding hydrogens is 394 g/mol. The Morgan fingerprint density at radius 3 is 2.40 bits per heavy atom. The van der Waals surface area contributed by atoms with E-state index >= 15 is 0 Å². The highest BCUT2D eigenvalue weighted by Gasteiger charge is 2.27. The standard InChI is InChI=1S/C24H24N2.H3NO2S/c1-3-7-18(8-4-1)11-12-23-16-20-15-21(19-9-5-2-6-10-19)17-25-24(20)26(23)22-13-14-22;1-4(2)3/h2,5-6,9-10,15-18,22H,1,3-4,7-8,13-14H2;1H2,(H,2,3)/p-1. The highest BCUT2D eigenvalue weighted by atomic mass is 32.2. The van der Waals surface area contributed by atoms with E-state index in [2.05, 4.69) is 64.0 Å². The van der Waals surface area contributed by atoms with Gasteiger partial charge in [0.25, 0.3) is 0 Å². The van der Waals surface area contributed by atoms with Crippen molar-refractivity contribution in [3.05, 3.63) is 54.4 Å². The summed E-state index contributed by atoms with van der Waals surface area (Å²) in [4.78, 5) is 4.83. The first-order valence-electron chi connectivity index (χ1n) is 10.5.